The maximum atomic E-state index is 13.4. The number of aryl methyl sites for hydroxylation is 2. The molecule has 0 heterocycles. The minimum Gasteiger partial charge on any atom is -0.207 e. The SMILES string of the molecule is CCC(C)N(C(C)CC)S(=O)(=O)c1c(C)c(C)cc(C)c1C. The van der Waals surface area contributed by atoms with E-state index < -0.39 is 10.0 Å². The lowest BCUT2D eigenvalue weighted by Crippen LogP contribution is -2.44. The summed E-state index contributed by atoms with van der Waals surface area (Å²) in [6.45, 7) is 15.9. The molecule has 0 aliphatic carbocycles. The monoisotopic (exact) mass is 325 g/mol. The Kier molecular flexibility index (Phi) is 6.22. The van der Waals surface area contributed by atoms with Crippen molar-refractivity contribution in [1.29, 1.82) is 0 Å². The van der Waals surface area contributed by atoms with Crippen LogP contribution in [0.3, 0.4) is 0 Å². The molecule has 126 valence electrons. The van der Waals surface area contributed by atoms with Crippen LogP contribution in [0.2, 0.25) is 0 Å². The zero-order valence-electron chi connectivity index (χ0n) is 15.3. The molecule has 0 aliphatic rings. The van der Waals surface area contributed by atoms with E-state index in [9.17, 15) is 8.42 Å². The first-order valence-corrected chi connectivity index (χ1v) is 9.64. The Morgan fingerprint density at radius 2 is 1.27 bits per heavy atom. The first-order valence-electron chi connectivity index (χ1n) is 8.20. The third-order valence-corrected chi connectivity index (χ3v) is 7.29. The molecule has 3 nitrogen and oxygen atoms in total. The van der Waals surface area contributed by atoms with E-state index >= 15 is 0 Å². The van der Waals surface area contributed by atoms with Gasteiger partial charge >= 0.3 is 0 Å². The van der Waals surface area contributed by atoms with Gasteiger partial charge in [-0.3, -0.25) is 0 Å². The lowest BCUT2D eigenvalue weighted by Gasteiger charge is -2.34. The summed E-state index contributed by atoms with van der Waals surface area (Å²) in [5.41, 5.74) is 3.82. The van der Waals surface area contributed by atoms with Gasteiger partial charge in [-0.15, -0.1) is 0 Å². The van der Waals surface area contributed by atoms with E-state index in [1.165, 1.54) is 0 Å². The van der Waals surface area contributed by atoms with Gasteiger partial charge in [0.15, 0.2) is 0 Å². The predicted octanol–water partition coefficient (Wildman–Crippen LogP) is 4.51. The summed E-state index contributed by atoms with van der Waals surface area (Å²) in [5, 5.41) is 0. The molecule has 0 saturated heterocycles. The van der Waals surface area contributed by atoms with Gasteiger partial charge in [-0.05, 0) is 76.6 Å². The van der Waals surface area contributed by atoms with Crippen molar-refractivity contribution in [1.82, 2.24) is 4.31 Å². The minimum absolute atomic E-state index is 0.000400. The van der Waals surface area contributed by atoms with E-state index in [-0.39, 0.29) is 12.1 Å². The molecule has 1 aromatic rings. The third kappa shape index (κ3) is 3.38. The zero-order valence-corrected chi connectivity index (χ0v) is 16.1. The molecule has 0 amide bonds. The maximum Gasteiger partial charge on any atom is 0.244 e. The van der Waals surface area contributed by atoms with E-state index in [0.717, 1.165) is 35.1 Å². The van der Waals surface area contributed by atoms with Crippen molar-refractivity contribution in [2.75, 3.05) is 0 Å². The van der Waals surface area contributed by atoms with Crippen molar-refractivity contribution in [2.45, 2.75) is 85.2 Å². The molecule has 0 bridgehead atoms. The Labute approximate surface area is 136 Å². The van der Waals surface area contributed by atoms with Crippen molar-refractivity contribution in [2.24, 2.45) is 0 Å². The molecule has 1 aromatic carbocycles. The van der Waals surface area contributed by atoms with Crippen LogP contribution in [0.15, 0.2) is 11.0 Å². The molecule has 2 unspecified atom stereocenters. The standard InChI is InChI=1S/C18H31NO2S/c1-9-14(5)19(15(6)10-2)22(20,21)18-16(7)12(3)11-13(4)17(18)8/h11,14-15H,9-10H2,1-8H3. The van der Waals surface area contributed by atoms with E-state index in [4.69, 9.17) is 0 Å². The Morgan fingerprint density at radius 3 is 1.59 bits per heavy atom. The number of hydrogen-bond donors (Lipinski definition) is 0. The van der Waals surface area contributed by atoms with Crippen LogP contribution in [0.4, 0.5) is 0 Å². The minimum atomic E-state index is -3.50. The topological polar surface area (TPSA) is 37.4 Å². The van der Waals surface area contributed by atoms with E-state index in [1.54, 1.807) is 4.31 Å². The average Bonchev–Trinajstić information content (AvgIpc) is 2.44. The fraction of sp³-hybridized carbons (Fsp3) is 0.667. The molecule has 1 rings (SSSR count). The summed E-state index contributed by atoms with van der Waals surface area (Å²) in [7, 11) is -3.50. The molecule has 0 N–H and O–H groups in total. The lowest BCUT2D eigenvalue weighted by molar-refractivity contribution is 0.262. The molecular weight excluding hydrogens is 294 g/mol. The van der Waals surface area contributed by atoms with Crippen molar-refractivity contribution in [3.63, 3.8) is 0 Å². The average molecular weight is 326 g/mol. The molecular formula is C18H31NO2S. The summed E-state index contributed by atoms with van der Waals surface area (Å²) in [5.74, 6) is 0. The summed E-state index contributed by atoms with van der Waals surface area (Å²) >= 11 is 0. The first kappa shape index (κ1) is 19.2. The summed E-state index contributed by atoms with van der Waals surface area (Å²) in [6, 6.07) is 2.07. The molecule has 0 aliphatic heterocycles. The van der Waals surface area contributed by atoms with Gasteiger partial charge in [0.2, 0.25) is 10.0 Å². The van der Waals surface area contributed by atoms with Crippen LogP contribution in [0.25, 0.3) is 0 Å². The molecule has 4 heteroatoms. The van der Waals surface area contributed by atoms with Crippen LogP contribution in [-0.2, 0) is 10.0 Å². The quantitative estimate of drug-likeness (QED) is 0.772. The highest BCUT2D eigenvalue weighted by Gasteiger charge is 2.34. The number of rotatable bonds is 6. The van der Waals surface area contributed by atoms with Gasteiger partial charge in [0.05, 0.1) is 4.90 Å². The van der Waals surface area contributed by atoms with Crippen molar-refractivity contribution in [3.05, 3.63) is 28.3 Å². The number of sulfonamides is 1. The van der Waals surface area contributed by atoms with Crippen molar-refractivity contribution < 1.29 is 8.42 Å². The summed E-state index contributed by atoms with van der Waals surface area (Å²) < 4.78 is 28.5. The summed E-state index contributed by atoms with van der Waals surface area (Å²) in [4.78, 5) is 0.505. The molecule has 0 fully saturated rings. The second-order valence-corrected chi connectivity index (χ2v) is 8.22. The number of hydrogen-bond acceptors (Lipinski definition) is 2. The molecule has 2 atom stereocenters. The van der Waals surface area contributed by atoms with Gasteiger partial charge < -0.3 is 0 Å². The van der Waals surface area contributed by atoms with Crippen LogP contribution in [0.1, 0.15) is 62.8 Å². The highest BCUT2D eigenvalue weighted by Crippen LogP contribution is 2.31. The van der Waals surface area contributed by atoms with Crippen LogP contribution < -0.4 is 0 Å². The Hall–Kier alpha value is -0.870. The smallest absolute Gasteiger partial charge is 0.207 e. The van der Waals surface area contributed by atoms with Crippen LogP contribution >= 0.6 is 0 Å². The fourth-order valence-corrected chi connectivity index (χ4v) is 5.49. The normalized spacial score (nSPS) is 15.1. The van der Waals surface area contributed by atoms with Crippen LogP contribution in [-0.4, -0.2) is 24.8 Å². The van der Waals surface area contributed by atoms with Gasteiger partial charge in [-0.1, -0.05) is 19.9 Å². The highest BCUT2D eigenvalue weighted by atomic mass is 32.2. The predicted molar refractivity (Wildman–Crippen MR) is 93.9 cm³/mol. The Balaban J connectivity index is 3.64. The Bertz CT molecular complexity index is 599. The highest BCUT2D eigenvalue weighted by molar-refractivity contribution is 7.89. The molecule has 22 heavy (non-hydrogen) atoms. The fourth-order valence-electron chi connectivity index (χ4n) is 2.94. The molecule has 0 radical (unpaired) electrons. The van der Waals surface area contributed by atoms with Crippen molar-refractivity contribution >= 4 is 10.0 Å². The second kappa shape index (κ2) is 7.14. The molecule has 0 aromatic heterocycles. The van der Waals surface area contributed by atoms with Gasteiger partial charge in [-0.25, -0.2) is 8.42 Å². The van der Waals surface area contributed by atoms with Crippen LogP contribution in [0, 0.1) is 27.7 Å². The van der Waals surface area contributed by atoms with Gasteiger partial charge in [-0.2, -0.15) is 4.31 Å². The number of nitrogens with zero attached hydrogens (tertiary/aromatic N) is 1. The van der Waals surface area contributed by atoms with Crippen molar-refractivity contribution in [3.8, 4) is 0 Å². The Morgan fingerprint density at radius 1 is 0.909 bits per heavy atom. The van der Waals surface area contributed by atoms with Gasteiger partial charge in [0, 0.05) is 12.1 Å². The van der Waals surface area contributed by atoms with E-state index in [0.29, 0.717) is 4.90 Å². The zero-order chi connectivity index (χ0) is 17.2. The van der Waals surface area contributed by atoms with Gasteiger partial charge in [0.25, 0.3) is 0 Å². The molecule has 0 saturated carbocycles. The lowest BCUT2D eigenvalue weighted by atomic mass is 10.0. The van der Waals surface area contributed by atoms with E-state index in [2.05, 4.69) is 6.07 Å². The number of benzene rings is 1. The largest absolute Gasteiger partial charge is 0.244 e. The molecule has 0 spiro atoms. The van der Waals surface area contributed by atoms with E-state index in [1.807, 2.05) is 55.4 Å². The maximum absolute atomic E-state index is 13.4. The third-order valence-electron chi connectivity index (χ3n) is 4.88. The summed E-state index contributed by atoms with van der Waals surface area (Å²) in [6.07, 6.45) is 1.62. The second-order valence-electron chi connectivity index (χ2n) is 6.44. The van der Waals surface area contributed by atoms with Crippen LogP contribution in [0.5, 0.6) is 0 Å². The first-order chi connectivity index (χ1) is 10.1. The van der Waals surface area contributed by atoms with Gasteiger partial charge in [0.1, 0.15) is 0 Å².